The molecular formula is C16H16N4O. The normalized spacial score (nSPS) is 10.5. The molecule has 1 amide bonds. The van der Waals surface area contributed by atoms with Gasteiger partial charge in [-0.15, -0.1) is 0 Å². The summed E-state index contributed by atoms with van der Waals surface area (Å²) < 4.78 is 0. The van der Waals surface area contributed by atoms with E-state index in [2.05, 4.69) is 20.8 Å². The highest BCUT2D eigenvalue weighted by atomic mass is 16.1. The molecule has 21 heavy (non-hydrogen) atoms. The van der Waals surface area contributed by atoms with Crippen LogP contribution in [-0.4, -0.2) is 23.2 Å². The largest absolute Gasteiger partial charge is 0.381 e. The molecule has 5 heteroatoms. The maximum absolute atomic E-state index is 11.5. The number of benzene rings is 2. The van der Waals surface area contributed by atoms with E-state index < -0.39 is 0 Å². The number of anilines is 1. The molecule has 0 unspecified atom stereocenters. The van der Waals surface area contributed by atoms with Crippen molar-refractivity contribution < 1.29 is 4.79 Å². The highest BCUT2D eigenvalue weighted by Crippen LogP contribution is 2.17. The molecule has 0 radical (unpaired) electrons. The van der Waals surface area contributed by atoms with Gasteiger partial charge in [-0.05, 0) is 35.9 Å². The number of nitrogens with one attached hydrogen (secondary N) is 3. The summed E-state index contributed by atoms with van der Waals surface area (Å²) in [5.41, 5.74) is 3.82. The van der Waals surface area contributed by atoms with Crippen molar-refractivity contribution in [3.05, 3.63) is 59.8 Å². The summed E-state index contributed by atoms with van der Waals surface area (Å²) in [4.78, 5) is 11.5. The van der Waals surface area contributed by atoms with E-state index in [1.807, 2.05) is 42.5 Å². The smallest absolute Gasteiger partial charge is 0.251 e. The Morgan fingerprint density at radius 1 is 1.19 bits per heavy atom. The zero-order chi connectivity index (χ0) is 14.7. The van der Waals surface area contributed by atoms with Gasteiger partial charge in [0.2, 0.25) is 0 Å². The number of hydrogen-bond acceptors (Lipinski definition) is 3. The Kier molecular flexibility index (Phi) is 3.55. The predicted octanol–water partition coefficient (Wildman–Crippen LogP) is 2.53. The molecule has 5 nitrogen and oxygen atoms in total. The van der Waals surface area contributed by atoms with E-state index in [0.717, 1.165) is 22.2 Å². The number of H-pyrrole nitrogens is 1. The molecule has 0 aliphatic heterocycles. The lowest BCUT2D eigenvalue weighted by molar-refractivity contribution is 0.0963. The van der Waals surface area contributed by atoms with Crippen molar-refractivity contribution >= 4 is 22.5 Å². The van der Waals surface area contributed by atoms with Crippen molar-refractivity contribution in [2.45, 2.75) is 6.54 Å². The monoisotopic (exact) mass is 280 g/mol. The second-order valence-corrected chi connectivity index (χ2v) is 4.80. The van der Waals surface area contributed by atoms with Crippen LogP contribution < -0.4 is 10.6 Å². The fourth-order valence-electron chi connectivity index (χ4n) is 2.17. The van der Waals surface area contributed by atoms with E-state index in [9.17, 15) is 4.79 Å². The van der Waals surface area contributed by atoms with Gasteiger partial charge in [-0.3, -0.25) is 9.89 Å². The number of carbonyl (C=O) groups excluding carboxylic acids is 1. The van der Waals surface area contributed by atoms with Gasteiger partial charge in [0.25, 0.3) is 5.91 Å². The minimum absolute atomic E-state index is 0.0702. The van der Waals surface area contributed by atoms with Crippen LogP contribution in [0.15, 0.2) is 48.7 Å². The molecule has 0 aliphatic carbocycles. The molecule has 0 saturated carbocycles. The first-order chi connectivity index (χ1) is 10.3. The summed E-state index contributed by atoms with van der Waals surface area (Å²) >= 11 is 0. The summed E-state index contributed by atoms with van der Waals surface area (Å²) in [5, 5.41) is 14.0. The topological polar surface area (TPSA) is 69.8 Å². The van der Waals surface area contributed by atoms with Crippen LogP contribution in [0, 0.1) is 0 Å². The zero-order valence-corrected chi connectivity index (χ0v) is 11.7. The van der Waals surface area contributed by atoms with Crippen molar-refractivity contribution in [2.75, 3.05) is 12.4 Å². The van der Waals surface area contributed by atoms with Crippen LogP contribution in [0.4, 0.5) is 5.69 Å². The fraction of sp³-hybridized carbons (Fsp3) is 0.125. The predicted molar refractivity (Wildman–Crippen MR) is 83.3 cm³/mol. The highest BCUT2D eigenvalue weighted by molar-refractivity contribution is 5.93. The molecule has 2 aromatic carbocycles. The second-order valence-electron chi connectivity index (χ2n) is 4.80. The molecule has 0 aliphatic rings. The van der Waals surface area contributed by atoms with Crippen molar-refractivity contribution in [1.29, 1.82) is 0 Å². The molecule has 0 saturated heterocycles. The van der Waals surface area contributed by atoms with Gasteiger partial charge in [-0.2, -0.15) is 5.10 Å². The van der Waals surface area contributed by atoms with E-state index in [-0.39, 0.29) is 5.91 Å². The van der Waals surface area contributed by atoms with Crippen LogP contribution in [0.25, 0.3) is 10.9 Å². The van der Waals surface area contributed by atoms with Crippen molar-refractivity contribution in [3.8, 4) is 0 Å². The van der Waals surface area contributed by atoms with Gasteiger partial charge in [0.1, 0.15) is 0 Å². The van der Waals surface area contributed by atoms with Crippen molar-refractivity contribution in [3.63, 3.8) is 0 Å². The van der Waals surface area contributed by atoms with E-state index in [1.54, 1.807) is 13.2 Å². The number of hydrogen-bond donors (Lipinski definition) is 3. The standard InChI is InChI=1S/C16H16N4O/c1-17-16(21)12-4-2-11(3-5-12)9-18-14-7-6-13-10-19-20-15(13)8-14/h2-8,10,18H,9H2,1H3,(H,17,21)(H,19,20). The average molecular weight is 280 g/mol. The fourth-order valence-corrected chi connectivity index (χ4v) is 2.17. The summed E-state index contributed by atoms with van der Waals surface area (Å²) in [5.74, 6) is -0.0702. The molecule has 0 atom stereocenters. The number of fused-ring (bicyclic) bond motifs is 1. The minimum Gasteiger partial charge on any atom is -0.381 e. The lowest BCUT2D eigenvalue weighted by Gasteiger charge is -2.07. The molecule has 3 N–H and O–H groups in total. The maximum Gasteiger partial charge on any atom is 0.251 e. The summed E-state index contributed by atoms with van der Waals surface area (Å²) in [6.07, 6.45) is 1.80. The summed E-state index contributed by atoms with van der Waals surface area (Å²) in [6.45, 7) is 0.702. The Labute approximate surface area is 122 Å². The van der Waals surface area contributed by atoms with Gasteiger partial charge in [0.15, 0.2) is 0 Å². The Balaban J connectivity index is 1.67. The Hall–Kier alpha value is -2.82. The van der Waals surface area contributed by atoms with Gasteiger partial charge >= 0.3 is 0 Å². The van der Waals surface area contributed by atoms with Crippen LogP contribution >= 0.6 is 0 Å². The van der Waals surface area contributed by atoms with Crippen LogP contribution in [0.5, 0.6) is 0 Å². The number of nitrogens with zero attached hydrogens (tertiary/aromatic N) is 1. The van der Waals surface area contributed by atoms with E-state index >= 15 is 0 Å². The molecule has 106 valence electrons. The first kappa shape index (κ1) is 13.2. The summed E-state index contributed by atoms with van der Waals surface area (Å²) in [7, 11) is 1.63. The molecule has 3 rings (SSSR count). The Morgan fingerprint density at radius 2 is 2.00 bits per heavy atom. The van der Waals surface area contributed by atoms with E-state index in [1.165, 1.54) is 0 Å². The Bertz CT molecular complexity index is 761. The summed E-state index contributed by atoms with van der Waals surface area (Å²) in [6, 6.07) is 13.6. The van der Waals surface area contributed by atoms with Crippen molar-refractivity contribution in [2.24, 2.45) is 0 Å². The second kappa shape index (κ2) is 5.66. The van der Waals surface area contributed by atoms with Gasteiger partial charge in [0.05, 0.1) is 11.7 Å². The van der Waals surface area contributed by atoms with Crippen LogP contribution in [0.1, 0.15) is 15.9 Å². The highest BCUT2D eigenvalue weighted by Gasteiger charge is 2.02. The number of aromatic amines is 1. The van der Waals surface area contributed by atoms with Crippen LogP contribution in [-0.2, 0) is 6.54 Å². The van der Waals surface area contributed by atoms with Crippen molar-refractivity contribution in [1.82, 2.24) is 15.5 Å². The lowest BCUT2D eigenvalue weighted by Crippen LogP contribution is -2.17. The first-order valence-corrected chi connectivity index (χ1v) is 6.74. The lowest BCUT2D eigenvalue weighted by atomic mass is 10.1. The average Bonchev–Trinajstić information content (AvgIpc) is 3.00. The molecule has 0 bridgehead atoms. The minimum atomic E-state index is -0.0702. The van der Waals surface area contributed by atoms with Gasteiger partial charge in [-0.1, -0.05) is 12.1 Å². The number of aromatic nitrogens is 2. The molecule has 0 spiro atoms. The Morgan fingerprint density at radius 3 is 2.76 bits per heavy atom. The van der Waals surface area contributed by atoms with Crippen LogP contribution in [0.3, 0.4) is 0 Å². The molecule has 1 heterocycles. The van der Waals surface area contributed by atoms with Crippen LogP contribution in [0.2, 0.25) is 0 Å². The number of rotatable bonds is 4. The van der Waals surface area contributed by atoms with Gasteiger partial charge < -0.3 is 10.6 Å². The third-order valence-electron chi connectivity index (χ3n) is 3.38. The SMILES string of the molecule is CNC(=O)c1ccc(CNc2ccc3cn[nH]c3c2)cc1. The maximum atomic E-state index is 11.5. The molecule has 0 fully saturated rings. The van der Waals surface area contributed by atoms with Gasteiger partial charge in [-0.25, -0.2) is 0 Å². The molecule has 3 aromatic rings. The quantitative estimate of drug-likeness (QED) is 0.688. The number of carbonyl (C=O) groups is 1. The third kappa shape index (κ3) is 2.86. The zero-order valence-electron chi connectivity index (χ0n) is 11.7. The molecule has 1 aromatic heterocycles. The van der Waals surface area contributed by atoms with E-state index in [4.69, 9.17) is 0 Å². The third-order valence-corrected chi connectivity index (χ3v) is 3.38. The van der Waals surface area contributed by atoms with Gasteiger partial charge in [0, 0.05) is 30.2 Å². The number of amides is 1. The first-order valence-electron chi connectivity index (χ1n) is 6.74. The van der Waals surface area contributed by atoms with E-state index in [0.29, 0.717) is 12.1 Å². The molecular weight excluding hydrogens is 264 g/mol.